The van der Waals surface area contributed by atoms with Crippen molar-refractivity contribution in [2.24, 2.45) is 7.05 Å². The quantitative estimate of drug-likeness (QED) is 0.918. The Morgan fingerprint density at radius 3 is 2.85 bits per heavy atom. The lowest BCUT2D eigenvalue weighted by molar-refractivity contribution is 0.0952. The molecular weight excluding hydrogens is 331 g/mol. The van der Waals surface area contributed by atoms with Crippen molar-refractivity contribution in [3.8, 4) is 6.07 Å². The van der Waals surface area contributed by atoms with Crippen molar-refractivity contribution in [1.82, 2.24) is 14.8 Å². The van der Waals surface area contributed by atoms with E-state index in [0.29, 0.717) is 23.4 Å². The number of aromatic nitrogens is 1. The number of rotatable bonds is 4. The molecule has 5 nitrogen and oxygen atoms in total. The van der Waals surface area contributed by atoms with Gasteiger partial charge in [0.1, 0.15) is 11.5 Å². The molecule has 2 aromatic rings. The molecular formula is C20H23FN4O. The number of nitrogens with zero attached hydrogens (tertiary/aromatic N) is 3. The van der Waals surface area contributed by atoms with E-state index in [4.69, 9.17) is 5.26 Å². The van der Waals surface area contributed by atoms with Crippen molar-refractivity contribution in [3.63, 3.8) is 0 Å². The molecule has 136 valence electrons. The average Bonchev–Trinajstić information content (AvgIpc) is 3.04. The third kappa shape index (κ3) is 3.49. The van der Waals surface area contributed by atoms with E-state index in [1.807, 2.05) is 29.8 Å². The molecule has 1 atom stereocenters. The van der Waals surface area contributed by atoms with Crippen molar-refractivity contribution >= 4 is 5.91 Å². The Bertz CT molecular complexity index is 852. The largest absolute Gasteiger partial charge is 0.354 e. The summed E-state index contributed by atoms with van der Waals surface area (Å²) in [7, 11) is 3.52. The van der Waals surface area contributed by atoms with Gasteiger partial charge in [0, 0.05) is 31.9 Å². The van der Waals surface area contributed by atoms with Gasteiger partial charge in [0.05, 0.1) is 17.7 Å². The van der Waals surface area contributed by atoms with Gasteiger partial charge in [-0.2, -0.15) is 5.26 Å². The van der Waals surface area contributed by atoms with E-state index < -0.39 is 0 Å². The van der Waals surface area contributed by atoms with Crippen molar-refractivity contribution < 1.29 is 9.18 Å². The van der Waals surface area contributed by atoms with Crippen LogP contribution in [0.15, 0.2) is 30.3 Å². The number of hydrogen-bond acceptors (Lipinski definition) is 3. The highest BCUT2D eigenvalue weighted by Crippen LogP contribution is 2.33. The van der Waals surface area contributed by atoms with Gasteiger partial charge in [0.25, 0.3) is 5.91 Å². The summed E-state index contributed by atoms with van der Waals surface area (Å²) in [6.45, 7) is 1.37. The molecule has 3 rings (SSSR count). The predicted molar refractivity (Wildman–Crippen MR) is 96.9 cm³/mol. The lowest BCUT2D eigenvalue weighted by Crippen LogP contribution is -2.34. The SMILES string of the molecule is CNC(=O)c1ccc([C@@H]2CCCCN2Cc2ccc(C#N)cc2F)n1C. The number of amides is 1. The van der Waals surface area contributed by atoms with Crippen LogP contribution in [0.3, 0.4) is 0 Å². The molecule has 1 saturated heterocycles. The normalized spacial score (nSPS) is 17.7. The van der Waals surface area contributed by atoms with Gasteiger partial charge in [-0.25, -0.2) is 4.39 Å². The second-order valence-corrected chi connectivity index (χ2v) is 6.68. The Morgan fingerprint density at radius 1 is 1.35 bits per heavy atom. The molecule has 1 fully saturated rings. The molecule has 0 radical (unpaired) electrons. The Kier molecular flexibility index (Phi) is 5.38. The molecule has 2 heterocycles. The number of nitrogens with one attached hydrogen (secondary N) is 1. The minimum absolute atomic E-state index is 0.112. The van der Waals surface area contributed by atoms with Crippen LogP contribution in [0.25, 0.3) is 0 Å². The van der Waals surface area contributed by atoms with Crippen LogP contribution >= 0.6 is 0 Å². The molecule has 0 spiro atoms. The lowest BCUT2D eigenvalue weighted by Gasteiger charge is -2.36. The molecule has 1 N–H and O–H groups in total. The second kappa shape index (κ2) is 7.71. The first-order chi connectivity index (χ1) is 12.5. The Hall–Kier alpha value is -2.65. The van der Waals surface area contributed by atoms with Crippen molar-refractivity contribution in [2.45, 2.75) is 31.8 Å². The first-order valence-corrected chi connectivity index (χ1v) is 8.85. The fraction of sp³-hybridized carbons (Fsp3) is 0.400. The first kappa shape index (κ1) is 18.2. The van der Waals surface area contributed by atoms with Crippen molar-refractivity contribution in [1.29, 1.82) is 5.26 Å². The number of likely N-dealkylation sites (tertiary alicyclic amines) is 1. The molecule has 26 heavy (non-hydrogen) atoms. The number of piperidine rings is 1. The number of halogens is 1. The zero-order chi connectivity index (χ0) is 18.7. The number of benzene rings is 1. The summed E-state index contributed by atoms with van der Waals surface area (Å²) in [6, 6.07) is 10.6. The average molecular weight is 354 g/mol. The zero-order valence-corrected chi connectivity index (χ0v) is 15.1. The summed E-state index contributed by atoms with van der Waals surface area (Å²) in [5.74, 6) is -0.453. The molecule has 1 aromatic heterocycles. The first-order valence-electron chi connectivity index (χ1n) is 8.85. The van der Waals surface area contributed by atoms with E-state index in [9.17, 15) is 9.18 Å². The van der Waals surface area contributed by atoms with Crippen LogP contribution in [-0.2, 0) is 13.6 Å². The van der Waals surface area contributed by atoms with Crippen LogP contribution in [0.5, 0.6) is 0 Å². The summed E-state index contributed by atoms with van der Waals surface area (Å²) in [4.78, 5) is 14.2. The summed E-state index contributed by atoms with van der Waals surface area (Å²) >= 11 is 0. The van der Waals surface area contributed by atoms with E-state index in [2.05, 4.69) is 10.2 Å². The van der Waals surface area contributed by atoms with Gasteiger partial charge in [0.15, 0.2) is 0 Å². The van der Waals surface area contributed by atoms with Gasteiger partial charge in [-0.05, 0) is 43.7 Å². The lowest BCUT2D eigenvalue weighted by atomic mass is 9.98. The third-order valence-corrected chi connectivity index (χ3v) is 5.13. The van der Waals surface area contributed by atoms with E-state index in [0.717, 1.165) is 31.5 Å². The third-order valence-electron chi connectivity index (χ3n) is 5.13. The van der Waals surface area contributed by atoms with Crippen LogP contribution in [-0.4, -0.2) is 29.0 Å². The summed E-state index contributed by atoms with van der Waals surface area (Å²) in [6.07, 6.45) is 3.15. The topological polar surface area (TPSA) is 61.1 Å². The molecule has 0 aliphatic carbocycles. The van der Waals surface area contributed by atoms with Gasteiger partial charge in [0.2, 0.25) is 0 Å². The fourth-order valence-corrected chi connectivity index (χ4v) is 3.70. The van der Waals surface area contributed by atoms with E-state index >= 15 is 0 Å². The highest BCUT2D eigenvalue weighted by Gasteiger charge is 2.28. The Balaban J connectivity index is 1.86. The minimum atomic E-state index is -0.341. The van der Waals surface area contributed by atoms with Crippen molar-refractivity contribution in [2.75, 3.05) is 13.6 Å². The van der Waals surface area contributed by atoms with Gasteiger partial charge >= 0.3 is 0 Å². The standard InChI is InChI=1S/C20H23FN4O/c1-23-20(26)19-9-8-17(24(19)2)18-5-3-4-10-25(18)13-15-7-6-14(12-22)11-16(15)21/h6-9,11,18H,3-5,10,13H2,1-2H3,(H,23,26)/t18-/m0/s1. The Labute approximate surface area is 153 Å². The number of carbonyl (C=O) groups is 1. The molecule has 0 bridgehead atoms. The van der Waals surface area contributed by atoms with Crippen molar-refractivity contribution in [3.05, 3.63) is 58.7 Å². The molecule has 1 aromatic carbocycles. The minimum Gasteiger partial charge on any atom is -0.354 e. The number of carbonyl (C=O) groups excluding carboxylic acids is 1. The highest BCUT2D eigenvalue weighted by molar-refractivity contribution is 5.92. The fourth-order valence-electron chi connectivity index (χ4n) is 3.70. The van der Waals surface area contributed by atoms with E-state index in [1.165, 1.54) is 6.07 Å². The maximum atomic E-state index is 14.3. The van der Waals surface area contributed by atoms with Crippen LogP contribution in [0.4, 0.5) is 4.39 Å². The molecule has 1 aliphatic rings. The molecule has 1 aliphatic heterocycles. The Morgan fingerprint density at radius 2 is 2.15 bits per heavy atom. The van der Waals surface area contributed by atoms with E-state index in [-0.39, 0.29) is 17.8 Å². The summed E-state index contributed by atoms with van der Waals surface area (Å²) in [5.41, 5.74) is 2.62. The maximum absolute atomic E-state index is 14.3. The number of nitriles is 1. The molecule has 1 amide bonds. The molecule has 6 heteroatoms. The molecule has 0 saturated carbocycles. The second-order valence-electron chi connectivity index (χ2n) is 6.68. The monoisotopic (exact) mass is 354 g/mol. The van der Waals surface area contributed by atoms with Crippen LogP contribution in [0.1, 0.15) is 52.6 Å². The number of hydrogen-bond donors (Lipinski definition) is 1. The van der Waals surface area contributed by atoms with E-state index in [1.54, 1.807) is 19.2 Å². The van der Waals surface area contributed by atoms with Crippen LogP contribution in [0, 0.1) is 17.1 Å². The molecule has 0 unspecified atom stereocenters. The summed E-state index contributed by atoms with van der Waals surface area (Å²) < 4.78 is 16.2. The van der Waals surface area contributed by atoms with Gasteiger partial charge in [-0.3, -0.25) is 9.69 Å². The van der Waals surface area contributed by atoms with Gasteiger partial charge < -0.3 is 9.88 Å². The highest BCUT2D eigenvalue weighted by atomic mass is 19.1. The van der Waals surface area contributed by atoms with Crippen LogP contribution in [0.2, 0.25) is 0 Å². The van der Waals surface area contributed by atoms with Crippen LogP contribution < -0.4 is 5.32 Å². The zero-order valence-electron chi connectivity index (χ0n) is 15.1. The summed E-state index contributed by atoms with van der Waals surface area (Å²) in [5, 5.41) is 11.6. The van der Waals surface area contributed by atoms with Gasteiger partial charge in [-0.15, -0.1) is 0 Å². The van der Waals surface area contributed by atoms with Gasteiger partial charge in [-0.1, -0.05) is 12.5 Å². The maximum Gasteiger partial charge on any atom is 0.267 e. The predicted octanol–water partition coefficient (Wildman–Crippen LogP) is 3.12. The smallest absolute Gasteiger partial charge is 0.267 e.